The van der Waals surface area contributed by atoms with E-state index in [1.54, 1.807) is 38.1 Å². The van der Waals surface area contributed by atoms with Crippen molar-refractivity contribution in [3.63, 3.8) is 0 Å². The van der Waals surface area contributed by atoms with Gasteiger partial charge in [-0.15, -0.1) is 0 Å². The van der Waals surface area contributed by atoms with E-state index in [-0.39, 0.29) is 17.6 Å². The van der Waals surface area contributed by atoms with Crippen LogP contribution < -0.4 is 26.9 Å². The quantitative estimate of drug-likeness (QED) is 0.156. The van der Waals surface area contributed by atoms with Gasteiger partial charge in [-0.1, -0.05) is 56.7 Å². The number of aromatic nitrogens is 3. The Bertz CT molecular complexity index is 1930. The molecule has 9 heteroatoms. The third-order valence-electron chi connectivity index (χ3n) is 8.84. The Morgan fingerprint density at radius 2 is 1.82 bits per heavy atom. The maximum Gasteiger partial charge on any atom is 0.243 e. The number of nitrogens with zero attached hydrogens (tertiary/aromatic N) is 2. The lowest BCUT2D eigenvalue weighted by atomic mass is 9.95. The van der Waals surface area contributed by atoms with Crippen LogP contribution in [0, 0.1) is 0 Å². The van der Waals surface area contributed by atoms with E-state index in [9.17, 15) is 14.7 Å². The molecule has 6 rings (SSSR count). The Morgan fingerprint density at radius 3 is 2.43 bits per heavy atom. The summed E-state index contributed by atoms with van der Waals surface area (Å²) >= 11 is 0. The van der Waals surface area contributed by atoms with Gasteiger partial charge in [-0.2, -0.15) is 0 Å². The number of H-pyrrole nitrogens is 1. The molecule has 0 unspecified atom stereocenters. The third kappa shape index (κ3) is 10.3. The van der Waals surface area contributed by atoms with E-state index in [0.29, 0.717) is 31.1 Å². The highest BCUT2D eigenvalue weighted by molar-refractivity contribution is 5.91. The van der Waals surface area contributed by atoms with Crippen molar-refractivity contribution >= 4 is 35.9 Å². The average molecular weight is 664 g/mol. The number of amides is 2. The average Bonchev–Trinajstić information content (AvgIpc) is 3.66. The van der Waals surface area contributed by atoms with Crippen molar-refractivity contribution in [2.75, 3.05) is 6.61 Å². The van der Waals surface area contributed by atoms with Gasteiger partial charge in [0.15, 0.2) is 0 Å². The summed E-state index contributed by atoms with van der Waals surface area (Å²) in [6, 6.07) is 13.9. The molecule has 1 fully saturated rings. The topological polar surface area (TPSA) is 149 Å². The first-order valence-electron chi connectivity index (χ1n) is 16.9. The number of primary amides is 2. The predicted octanol–water partition coefficient (Wildman–Crippen LogP) is 6.26. The second kappa shape index (κ2) is 17.7. The normalized spacial score (nSPS) is 14.7. The molecule has 49 heavy (non-hydrogen) atoms. The van der Waals surface area contributed by atoms with Crippen molar-refractivity contribution in [2.45, 2.75) is 77.7 Å². The van der Waals surface area contributed by atoms with Crippen LogP contribution in [-0.2, 0) is 16.0 Å². The number of hydrogen-bond donors (Lipinski definition) is 4. The number of hydrogen-bond acceptors (Lipinski definition) is 5. The molecule has 0 radical (unpaired) electrons. The van der Waals surface area contributed by atoms with Crippen molar-refractivity contribution in [2.24, 2.45) is 11.5 Å². The van der Waals surface area contributed by atoms with Crippen molar-refractivity contribution in [3.05, 3.63) is 100 Å². The minimum atomic E-state index is -0.345. The van der Waals surface area contributed by atoms with Gasteiger partial charge in [0.25, 0.3) is 0 Å². The highest BCUT2D eigenvalue weighted by Gasteiger charge is 2.20. The molecule has 2 heterocycles. The molecular weight excluding hydrogens is 614 g/mol. The number of fused-ring (bicyclic) bond motifs is 1. The summed E-state index contributed by atoms with van der Waals surface area (Å²) in [5, 5.41) is 12.0. The number of nitrogens with two attached hydrogens (primary N) is 2. The summed E-state index contributed by atoms with van der Waals surface area (Å²) in [6.07, 6.45) is 19.6. The van der Waals surface area contributed by atoms with E-state index in [0.717, 1.165) is 57.1 Å². The summed E-state index contributed by atoms with van der Waals surface area (Å²) in [4.78, 5) is 28.6. The number of carbonyl (C=O) groups is 2. The standard InChI is InChI=1S/C24H28N2O.C11H12N2O2.C5H9NO/c1-18-19(2)26(22-11-7-4-8-12-22)24(25-18)21-13-15-23(16-14-21)27-17-20-9-5-3-6-10-20;12-11(15)4-1-7-6-13-10-3-2-8(14)5-9(7)10;1-3-4(2)5(6)7/h5,9-10,13-16,22H,1-4,6-8,11-12,17H2;2-3,5-6,13-14H,1,4H2,(H2,12,15);3H,1-2H3,(H2,6,7)/b;;4-3+. The number of carbonyl (C=O) groups excluding carboxylic acids is 2. The SMILES string of the molecule is C/C=C(\C)C(N)=O.C=c1nc(-c2ccc(OCC3=CCCC=C3)cc2)n(C2CCCCC2)c1=C.NC(=O)CCc1c[nH]c2ccc(O)cc12. The van der Waals surface area contributed by atoms with Crippen LogP contribution in [0.3, 0.4) is 0 Å². The Hall–Kier alpha value is -5.31. The Balaban J connectivity index is 0.000000206. The summed E-state index contributed by atoms with van der Waals surface area (Å²) < 4.78 is 8.25. The van der Waals surface area contributed by atoms with Crippen LogP contribution in [0.4, 0.5) is 0 Å². The second-order valence-corrected chi connectivity index (χ2v) is 12.4. The molecule has 9 nitrogen and oxygen atoms in total. The number of phenolic OH excluding ortho intramolecular Hbond substituents is 1. The zero-order chi connectivity index (χ0) is 35.3. The van der Waals surface area contributed by atoms with Crippen molar-refractivity contribution in [1.29, 1.82) is 0 Å². The van der Waals surface area contributed by atoms with Gasteiger partial charge in [-0.3, -0.25) is 9.59 Å². The molecule has 0 saturated heterocycles. The lowest BCUT2D eigenvalue weighted by molar-refractivity contribution is -0.118. The lowest BCUT2D eigenvalue weighted by Gasteiger charge is -2.25. The summed E-state index contributed by atoms with van der Waals surface area (Å²) in [5.74, 6) is 1.44. The molecule has 2 aliphatic rings. The van der Waals surface area contributed by atoms with Gasteiger partial charge >= 0.3 is 0 Å². The number of imidazole rings is 1. The highest BCUT2D eigenvalue weighted by atomic mass is 16.5. The first-order chi connectivity index (χ1) is 23.6. The Labute approximate surface area is 288 Å². The number of benzene rings is 2. The Morgan fingerprint density at radius 1 is 1.08 bits per heavy atom. The fourth-order valence-electron chi connectivity index (χ4n) is 5.86. The number of nitrogens with one attached hydrogen (secondary N) is 1. The zero-order valence-corrected chi connectivity index (χ0v) is 28.7. The second-order valence-electron chi connectivity index (χ2n) is 12.4. The molecule has 2 aromatic carbocycles. The maximum absolute atomic E-state index is 10.7. The Kier molecular flexibility index (Phi) is 13.2. The van der Waals surface area contributed by atoms with E-state index >= 15 is 0 Å². The van der Waals surface area contributed by atoms with Crippen LogP contribution in [-0.4, -0.2) is 38.1 Å². The molecule has 2 aromatic heterocycles. The number of allylic oxidation sites excluding steroid dienone is 3. The number of aryl methyl sites for hydroxylation is 1. The molecule has 6 N–H and O–H groups in total. The highest BCUT2D eigenvalue weighted by Crippen LogP contribution is 2.30. The number of aromatic hydroxyl groups is 1. The van der Waals surface area contributed by atoms with Gasteiger partial charge in [-0.25, -0.2) is 4.98 Å². The predicted molar refractivity (Wildman–Crippen MR) is 198 cm³/mol. The van der Waals surface area contributed by atoms with Gasteiger partial charge in [-0.05, 0) is 99.6 Å². The number of ether oxygens (including phenoxy) is 1. The van der Waals surface area contributed by atoms with Crippen LogP contribution in [0.5, 0.6) is 11.5 Å². The van der Waals surface area contributed by atoms with Crippen molar-refractivity contribution in [1.82, 2.24) is 14.5 Å². The minimum Gasteiger partial charge on any atom is -0.508 e. The number of aromatic amines is 1. The fraction of sp³-hybridized carbons (Fsp3) is 0.325. The van der Waals surface area contributed by atoms with Gasteiger partial charge < -0.3 is 30.9 Å². The minimum absolute atomic E-state index is 0.224. The number of rotatable bonds is 9. The molecule has 0 bridgehead atoms. The number of phenols is 1. The van der Waals surface area contributed by atoms with Crippen LogP contribution in [0.15, 0.2) is 84.1 Å². The summed E-state index contributed by atoms with van der Waals surface area (Å²) in [7, 11) is 0. The largest absolute Gasteiger partial charge is 0.508 e. The van der Waals surface area contributed by atoms with Crippen LogP contribution in [0.25, 0.3) is 35.4 Å². The molecule has 0 spiro atoms. The lowest BCUT2D eigenvalue weighted by Crippen LogP contribution is -2.31. The van der Waals surface area contributed by atoms with Crippen LogP contribution in [0.1, 0.15) is 76.8 Å². The van der Waals surface area contributed by atoms with Crippen LogP contribution >= 0.6 is 0 Å². The first-order valence-corrected chi connectivity index (χ1v) is 16.9. The van der Waals surface area contributed by atoms with Crippen molar-refractivity contribution < 1.29 is 19.4 Å². The molecular formula is C40H49N5O4. The summed E-state index contributed by atoms with van der Waals surface area (Å²) in [6.45, 7) is 12.4. The maximum atomic E-state index is 10.7. The van der Waals surface area contributed by atoms with Gasteiger partial charge in [0, 0.05) is 40.7 Å². The molecule has 1 saturated carbocycles. The monoisotopic (exact) mass is 663 g/mol. The smallest absolute Gasteiger partial charge is 0.243 e. The van der Waals surface area contributed by atoms with E-state index in [4.69, 9.17) is 21.2 Å². The van der Waals surface area contributed by atoms with Gasteiger partial charge in [0.2, 0.25) is 11.8 Å². The zero-order valence-electron chi connectivity index (χ0n) is 28.7. The van der Waals surface area contributed by atoms with E-state index in [1.165, 1.54) is 37.7 Å². The summed E-state index contributed by atoms with van der Waals surface area (Å²) in [5.41, 5.74) is 14.8. The molecule has 4 aromatic rings. The van der Waals surface area contributed by atoms with E-state index in [1.807, 2.05) is 18.3 Å². The third-order valence-corrected chi connectivity index (χ3v) is 8.84. The molecule has 258 valence electrons. The van der Waals surface area contributed by atoms with E-state index < -0.39 is 0 Å². The van der Waals surface area contributed by atoms with Gasteiger partial charge in [0.1, 0.15) is 23.9 Å². The van der Waals surface area contributed by atoms with Crippen molar-refractivity contribution in [3.8, 4) is 22.9 Å². The van der Waals surface area contributed by atoms with Gasteiger partial charge in [0.05, 0.1) is 10.7 Å². The van der Waals surface area contributed by atoms with Crippen LogP contribution in [0.2, 0.25) is 0 Å². The first kappa shape index (κ1) is 36.5. The fourth-order valence-corrected chi connectivity index (χ4v) is 5.86. The van der Waals surface area contributed by atoms with E-state index in [2.05, 4.69) is 53.1 Å². The molecule has 2 amide bonds. The molecule has 2 aliphatic carbocycles. The molecule has 0 aliphatic heterocycles. The molecule has 0 atom stereocenters.